The lowest BCUT2D eigenvalue weighted by Gasteiger charge is -2.44. The van der Waals surface area contributed by atoms with Crippen molar-refractivity contribution < 1.29 is 10.2 Å². The third-order valence-corrected chi connectivity index (χ3v) is 3.36. The lowest BCUT2D eigenvalue weighted by Crippen LogP contribution is -2.45. The quantitative estimate of drug-likeness (QED) is 0.638. The average Bonchev–Trinajstić information content (AvgIpc) is 2.66. The fraction of sp³-hybridized carbons (Fsp3) is 1.00. The Morgan fingerprint density at radius 1 is 1.36 bits per heavy atom. The normalized spacial score (nSPS) is 31.1. The summed E-state index contributed by atoms with van der Waals surface area (Å²) in [7, 11) is 0. The highest BCUT2D eigenvalue weighted by atomic mass is 16.3. The van der Waals surface area contributed by atoms with Crippen LogP contribution in [0.4, 0.5) is 0 Å². The zero-order chi connectivity index (χ0) is 7.90. The molecule has 0 aliphatic heterocycles. The van der Waals surface area contributed by atoms with Crippen LogP contribution in [0.25, 0.3) is 0 Å². The van der Waals surface area contributed by atoms with Gasteiger partial charge in [0.05, 0.1) is 12.7 Å². The fourth-order valence-corrected chi connectivity index (χ4v) is 2.09. The molecule has 2 rings (SSSR count). The summed E-state index contributed by atoms with van der Waals surface area (Å²) in [5.74, 6) is 0.516. The highest BCUT2D eigenvalue weighted by Crippen LogP contribution is 2.50. The van der Waals surface area contributed by atoms with E-state index < -0.39 is 0 Å². The molecule has 0 radical (unpaired) electrons. The number of aliphatic hydroxyl groups excluding tert-OH is 2. The largest absolute Gasteiger partial charge is 0.396 e. The Balaban J connectivity index is 1.98. The van der Waals surface area contributed by atoms with E-state index in [0.29, 0.717) is 5.92 Å². The molecule has 2 aliphatic carbocycles. The first-order chi connectivity index (χ1) is 5.28. The number of aliphatic hydroxyl groups is 2. The summed E-state index contributed by atoms with van der Waals surface area (Å²) in [5, 5.41) is 18.9. The molecule has 2 aliphatic rings. The van der Waals surface area contributed by atoms with Crippen LogP contribution in [0.15, 0.2) is 0 Å². The molecule has 0 aromatic carbocycles. The predicted molar refractivity (Wildman–Crippen MR) is 42.1 cm³/mol. The van der Waals surface area contributed by atoms with Crippen molar-refractivity contribution in [2.45, 2.75) is 38.2 Å². The minimum Gasteiger partial charge on any atom is -0.396 e. The third kappa shape index (κ3) is 1.09. The maximum atomic E-state index is 9.80. The van der Waals surface area contributed by atoms with E-state index in [1.807, 2.05) is 0 Å². The lowest BCUT2D eigenvalue weighted by atomic mass is 9.64. The Kier molecular flexibility index (Phi) is 1.69. The van der Waals surface area contributed by atoms with Crippen LogP contribution >= 0.6 is 0 Å². The van der Waals surface area contributed by atoms with Crippen LogP contribution in [-0.4, -0.2) is 22.9 Å². The molecule has 11 heavy (non-hydrogen) atoms. The van der Waals surface area contributed by atoms with Gasteiger partial charge < -0.3 is 10.2 Å². The highest BCUT2D eigenvalue weighted by molar-refractivity contribution is 4.99. The van der Waals surface area contributed by atoms with Crippen molar-refractivity contribution in [3.8, 4) is 0 Å². The van der Waals surface area contributed by atoms with Crippen molar-refractivity contribution in [1.29, 1.82) is 0 Å². The molecule has 2 heteroatoms. The van der Waals surface area contributed by atoms with Crippen LogP contribution in [-0.2, 0) is 0 Å². The highest BCUT2D eigenvalue weighted by Gasteiger charge is 2.48. The Labute approximate surface area is 67.2 Å². The maximum Gasteiger partial charge on any atom is 0.0646 e. The summed E-state index contributed by atoms with van der Waals surface area (Å²) >= 11 is 0. The molecule has 0 saturated heterocycles. The second kappa shape index (κ2) is 2.46. The van der Waals surface area contributed by atoms with Gasteiger partial charge in [-0.2, -0.15) is 0 Å². The first-order valence-electron chi connectivity index (χ1n) is 4.57. The molecule has 0 aromatic rings. The SMILES string of the molecule is OCC1([C@@H](O)C2CC2)CCC1. The van der Waals surface area contributed by atoms with Gasteiger partial charge in [-0.3, -0.25) is 0 Å². The second-order valence-electron chi connectivity index (χ2n) is 4.16. The molecule has 2 fully saturated rings. The van der Waals surface area contributed by atoms with Crippen molar-refractivity contribution in [1.82, 2.24) is 0 Å². The van der Waals surface area contributed by atoms with E-state index in [4.69, 9.17) is 5.11 Å². The summed E-state index contributed by atoms with van der Waals surface area (Å²) in [4.78, 5) is 0. The fourth-order valence-electron chi connectivity index (χ4n) is 2.09. The molecule has 0 heterocycles. The van der Waals surface area contributed by atoms with Crippen molar-refractivity contribution in [3.05, 3.63) is 0 Å². The number of rotatable bonds is 3. The van der Waals surface area contributed by atoms with E-state index in [1.165, 1.54) is 19.3 Å². The monoisotopic (exact) mass is 156 g/mol. The third-order valence-electron chi connectivity index (χ3n) is 3.36. The molecule has 1 atom stereocenters. The van der Waals surface area contributed by atoms with E-state index in [1.54, 1.807) is 0 Å². The van der Waals surface area contributed by atoms with Crippen LogP contribution in [0.2, 0.25) is 0 Å². The van der Waals surface area contributed by atoms with Gasteiger partial charge in [-0.05, 0) is 31.6 Å². The van der Waals surface area contributed by atoms with Gasteiger partial charge in [-0.15, -0.1) is 0 Å². The van der Waals surface area contributed by atoms with Gasteiger partial charge in [0.2, 0.25) is 0 Å². The van der Waals surface area contributed by atoms with Crippen molar-refractivity contribution in [3.63, 3.8) is 0 Å². The standard InChI is InChI=1S/C9H16O2/c10-6-9(4-1-5-9)8(11)7-2-3-7/h7-8,10-11H,1-6H2/t8-/m0/s1. The smallest absolute Gasteiger partial charge is 0.0646 e. The summed E-state index contributed by atoms with van der Waals surface area (Å²) < 4.78 is 0. The Morgan fingerprint density at radius 3 is 2.27 bits per heavy atom. The lowest BCUT2D eigenvalue weighted by molar-refractivity contribution is -0.0811. The molecule has 64 valence electrons. The molecule has 2 nitrogen and oxygen atoms in total. The minimum absolute atomic E-state index is 0.0822. The molecule has 0 spiro atoms. The van der Waals surface area contributed by atoms with E-state index >= 15 is 0 Å². The maximum absolute atomic E-state index is 9.80. The van der Waals surface area contributed by atoms with Gasteiger partial charge in [-0.1, -0.05) is 6.42 Å². The first kappa shape index (κ1) is 7.56. The van der Waals surface area contributed by atoms with E-state index in [2.05, 4.69) is 0 Å². The average molecular weight is 156 g/mol. The van der Waals surface area contributed by atoms with Crippen molar-refractivity contribution in [2.24, 2.45) is 11.3 Å². The Hall–Kier alpha value is -0.0800. The van der Waals surface area contributed by atoms with Crippen LogP contribution < -0.4 is 0 Å². The summed E-state index contributed by atoms with van der Waals surface area (Å²) in [5.41, 5.74) is -0.0822. The van der Waals surface area contributed by atoms with Gasteiger partial charge in [-0.25, -0.2) is 0 Å². The van der Waals surface area contributed by atoms with Crippen molar-refractivity contribution >= 4 is 0 Å². The molecule has 0 amide bonds. The van der Waals surface area contributed by atoms with Crippen LogP contribution in [0.3, 0.4) is 0 Å². The summed E-state index contributed by atoms with van der Waals surface area (Å²) in [6.07, 6.45) is 5.37. The number of hydrogen-bond acceptors (Lipinski definition) is 2. The molecule has 2 N–H and O–H groups in total. The van der Waals surface area contributed by atoms with E-state index in [-0.39, 0.29) is 18.1 Å². The summed E-state index contributed by atoms with van der Waals surface area (Å²) in [6.45, 7) is 0.185. The van der Waals surface area contributed by atoms with Crippen molar-refractivity contribution in [2.75, 3.05) is 6.61 Å². The van der Waals surface area contributed by atoms with Crippen LogP contribution in [0.5, 0.6) is 0 Å². The van der Waals surface area contributed by atoms with Gasteiger partial charge >= 0.3 is 0 Å². The second-order valence-corrected chi connectivity index (χ2v) is 4.16. The van der Waals surface area contributed by atoms with E-state index in [0.717, 1.165) is 12.8 Å². The molecule has 0 unspecified atom stereocenters. The molecule has 2 saturated carbocycles. The molecular formula is C9H16O2. The van der Waals surface area contributed by atoms with Gasteiger partial charge in [0.25, 0.3) is 0 Å². The van der Waals surface area contributed by atoms with Gasteiger partial charge in [0.15, 0.2) is 0 Å². The van der Waals surface area contributed by atoms with Gasteiger partial charge in [0.1, 0.15) is 0 Å². The summed E-state index contributed by atoms with van der Waals surface area (Å²) in [6, 6.07) is 0. The van der Waals surface area contributed by atoms with Crippen LogP contribution in [0, 0.1) is 11.3 Å². The predicted octanol–water partition coefficient (Wildman–Crippen LogP) is 0.920. The zero-order valence-corrected chi connectivity index (χ0v) is 6.79. The van der Waals surface area contributed by atoms with Crippen LogP contribution in [0.1, 0.15) is 32.1 Å². The Bertz CT molecular complexity index is 142. The topological polar surface area (TPSA) is 40.5 Å². The molecular weight excluding hydrogens is 140 g/mol. The molecule has 0 aromatic heterocycles. The van der Waals surface area contributed by atoms with E-state index in [9.17, 15) is 5.11 Å². The molecule has 0 bridgehead atoms. The van der Waals surface area contributed by atoms with Gasteiger partial charge in [0, 0.05) is 5.41 Å². The Morgan fingerprint density at radius 2 is 2.00 bits per heavy atom. The zero-order valence-electron chi connectivity index (χ0n) is 6.79. The minimum atomic E-state index is -0.207. The number of hydrogen-bond donors (Lipinski definition) is 2. The first-order valence-corrected chi connectivity index (χ1v) is 4.57.